The Morgan fingerprint density at radius 1 is 1.04 bits per heavy atom. The van der Waals surface area contributed by atoms with E-state index in [1.54, 1.807) is 53.6 Å². The molecule has 5 heteroatoms. The molecule has 2 aromatic carbocycles. The molecule has 0 bridgehead atoms. The standard InChI is InChI=1S/C22H22FNO3/c1-2-13-26-20-11-7-18(8-12-20)22(25)24(16-21-4-3-14-27-21)15-17-5-9-19(23)10-6-17/h3-12,14H,2,13,15-16H2,1H3. The van der Waals surface area contributed by atoms with Crippen LogP contribution in [-0.2, 0) is 13.1 Å². The number of benzene rings is 2. The van der Waals surface area contributed by atoms with Crippen molar-refractivity contribution in [1.29, 1.82) is 0 Å². The van der Waals surface area contributed by atoms with Gasteiger partial charge in [-0.1, -0.05) is 19.1 Å². The van der Waals surface area contributed by atoms with Crippen LogP contribution < -0.4 is 4.74 Å². The highest BCUT2D eigenvalue weighted by Crippen LogP contribution is 2.18. The quantitative estimate of drug-likeness (QED) is 0.559. The van der Waals surface area contributed by atoms with Crippen molar-refractivity contribution >= 4 is 5.91 Å². The van der Waals surface area contributed by atoms with Crippen LogP contribution in [0.5, 0.6) is 5.75 Å². The Kier molecular flexibility index (Phi) is 6.26. The van der Waals surface area contributed by atoms with Crippen LogP contribution in [-0.4, -0.2) is 17.4 Å². The Morgan fingerprint density at radius 2 is 1.78 bits per heavy atom. The largest absolute Gasteiger partial charge is 0.494 e. The van der Waals surface area contributed by atoms with Crippen molar-refractivity contribution in [2.45, 2.75) is 26.4 Å². The van der Waals surface area contributed by atoms with Gasteiger partial charge in [0.1, 0.15) is 17.3 Å². The van der Waals surface area contributed by atoms with E-state index in [1.165, 1.54) is 12.1 Å². The predicted molar refractivity (Wildman–Crippen MR) is 101 cm³/mol. The first-order chi connectivity index (χ1) is 13.2. The first kappa shape index (κ1) is 18.7. The molecular weight excluding hydrogens is 345 g/mol. The summed E-state index contributed by atoms with van der Waals surface area (Å²) in [5.41, 5.74) is 1.41. The molecule has 27 heavy (non-hydrogen) atoms. The molecule has 0 aliphatic heterocycles. The Hall–Kier alpha value is -3.08. The maximum Gasteiger partial charge on any atom is 0.254 e. The van der Waals surface area contributed by atoms with Crippen LogP contribution in [0.3, 0.4) is 0 Å². The number of carbonyl (C=O) groups is 1. The summed E-state index contributed by atoms with van der Waals surface area (Å²) in [5.74, 6) is 1.00. The second kappa shape index (κ2) is 9.03. The van der Waals surface area contributed by atoms with Crippen LogP contribution in [0.1, 0.15) is 35.0 Å². The van der Waals surface area contributed by atoms with Crippen molar-refractivity contribution in [3.63, 3.8) is 0 Å². The number of furan rings is 1. The summed E-state index contributed by atoms with van der Waals surface area (Å²) in [6.45, 7) is 3.37. The van der Waals surface area contributed by atoms with Gasteiger partial charge < -0.3 is 14.1 Å². The Labute approximate surface area is 158 Å². The number of carbonyl (C=O) groups excluding carboxylic acids is 1. The fourth-order valence-corrected chi connectivity index (χ4v) is 2.70. The molecule has 0 aliphatic rings. The minimum Gasteiger partial charge on any atom is -0.494 e. The first-order valence-corrected chi connectivity index (χ1v) is 8.94. The smallest absolute Gasteiger partial charge is 0.254 e. The molecule has 0 saturated carbocycles. The van der Waals surface area contributed by atoms with Crippen LogP contribution in [0.2, 0.25) is 0 Å². The fraction of sp³-hybridized carbons (Fsp3) is 0.227. The van der Waals surface area contributed by atoms with Gasteiger partial charge in [0, 0.05) is 12.1 Å². The van der Waals surface area contributed by atoms with Crippen LogP contribution in [0.15, 0.2) is 71.3 Å². The monoisotopic (exact) mass is 367 g/mol. The summed E-state index contributed by atoms with van der Waals surface area (Å²) in [6.07, 6.45) is 2.50. The number of rotatable bonds is 8. The lowest BCUT2D eigenvalue weighted by atomic mass is 10.1. The van der Waals surface area contributed by atoms with Gasteiger partial charge in [0.15, 0.2) is 0 Å². The van der Waals surface area contributed by atoms with E-state index in [9.17, 15) is 9.18 Å². The normalized spacial score (nSPS) is 10.6. The van der Waals surface area contributed by atoms with Gasteiger partial charge in [-0.2, -0.15) is 0 Å². The lowest BCUT2D eigenvalue weighted by Crippen LogP contribution is -2.30. The average molecular weight is 367 g/mol. The first-order valence-electron chi connectivity index (χ1n) is 8.94. The maximum absolute atomic E-state index is 13.2. The van der Waals surface area contributed by atoms with Gasteiger partial charge in [-0.3, -0.25) is 4.79 Å². The molecule has 1 amide bonds. The van der Waals surface area contributed by atoms with Gasteiger partial charge in [0.25, 0.3) is 5.91 Å². The second-order valence-electron chi connectivity index (χ2n) is 6.24. The SMILES string of the molecule is CCCOc1ccc(C(=O)N(Cc2ccc(F)cc2)Cc2ccco2)cc1. The summed E-state index contributed by atoms with van der Waals surface area (Å²) in [6, 6.07) is 16.9. The van der Waals surface area contributed by atoms with E-state index in [0.29, 0.717) is 31.0 Å². The zero-order valence-electron chi connectivity index (χ0n) is 15.2. The zero-order valence-corrected chi connectivity index (χ0v) is 15.2. The van der Waals surface area contributed by atoms with E-state index in [4.69, 9.17) is 9.15 Å². The molecule has 0 radical (unpaired) electrons. The van der Waals surface area contributed by atoms with Gasteiger partial charge in [-0.05, 0) is 60.5 Å². The molecule has 0 saturated heterocycles. The van der Waals surface area contributed by atoms with Crippen LogP contribution >= 0.6 is 0 Å². The summed E-state index contributed by atoms with van der Waals surface area (Å²) in [4.78, 5) is 14.7. The van der Waals surface area contributed by atoms with E-state index in [2.05, 4.69) is 0 Å². The molecule has 0 spiro atoms. The highest BCUT2D eigenvalue weighted by molar-refractivity contribution is 5.94. The topological polar surface area (TPSA) is 42.7 Å². The van der Waals surface area contributed by atoms with Crippen LogP contribution in [0, 0.1) is 5.82 Å². The zero-order chi connectivity index (χ0) is 19.1. The van der Waals surface area contributed by atoms with E-state index in [-0.39, 0.29) is 11.7 Å². The fourth-order valence-electron chi connectivity index (χ4n) is 2.70. The predicted octanol–water partition coefficient (Wildman–Crippen LogP) is 5.05. The third-order valence-corrected chi connectivity index (χ3v) is 4.07. The third-order valence-electron chi connectivity index (χ3n) is 4.07. The van der Waals surface area contributed by atoms with E-state index < -0.39 is 0 Å². The molecule has 0 aliphatic carbocycles. The van der Waals surface area contributed by atoms with Crippen molar-refractivity contribution in [3.05, 3.63) is 89.6 Å². The minimum absolute atomic E-state index is 0.127. The van der Waals surface area contributed by atoms with E-state index in [1.807, 2.05) is 13.0 Å². The number of amides is 1. The molecule has 0 atom stereocenters. The Morgan fingerprint density at radius 3 is 2.41 bits per heavy atom. The van der Waals surface area contributed by atoms with Crippen LogP contribution in [0.25, 0.3) is 0 Å². The van der Waals surface area contributed by atoms with Crippen molar-refractivity contribution in [2.24, 2.45) is 0 Å². The van der Waals surface area contributed by atoms with Gasteiger partial charge >= 0.3 is 0 Å². The molecule has 1 heterocycles. The third kappa shape index (κ3) is 5.20. The number of hydrogen-bond acceptors (Lipinski definition) is 3. The van der Waals surface area contributed by atoms with Crippen molar-refractivity contribution in [3.8, 4) is 5.75 Å². The molecule has 4 nitrogen and oxygen atoms in total. The number of nitrogens with zero attached hydrogens (tertiary/aromatic N) is 1. The molecule has 0 N–H and O–H groups in total. The summed E-state index contributed by atoms with van der Waals surface area (Å²) >= 11 is 0. The molecule has 0 unspecified atom stereocenters. The molecule has 1 aromatic heterocycles. The van der Waals surface area contributed by atoms with Gasteiger partial charge in [0.2, 0.25) is 0 Å². The number of ether oxygens (including phenoxy) is 1. The van der Waals surface area contributed by atoms with Crippen LogP contribution in [0.4, 0.5) is 4.39 Å². The molecule has 140 valence electrons. The minimum atomic E-state index is -0.301. The number of halogens is 1. The van der Waals surface area contributed by atoms with Crippen molar-refractivity contribution in [2.75, 3.05) is 6.61 Å². The lowest BCUT2D eigenvalue weighted by molar-refractivity contribution is 0.0717. The maximum atomic E-state index is 13.2. The highest BCUT2D eigenvalue weighted by atomic mass is 19.1. The van der Waals surface area contributed by atoms with E-state index >= 15 is 0 Å². The van der Waals surface area contributed by atoms with E-state index in [0.717, 1.165) is 17.7 Å². The lowest BCUT2D eigenvalue weighted by Gasteiger charge is -2.22. The second-order valence-corrected chi connectivity index (χ2v) is 6.24. The summed E-state index contributed by atoms with van der Waals surface area (Å²) in [5, 5.41) is 0. The highest BCUT2D eigenvalue weighted by Gasteiger charge is 2.18. The molecule has 3 aromatic rings. The van der Waals surface area contributed by atoms with Gasteiger partial charge in [-0.15, -0.1) is 0 Å². The summed E-state index contributed by atoms with van der Waals surface area (Å²) in [7, 11) is 0. The van der Waals surface area contributed by atoms with Crippen molar-refractivity contribution in [1.82, 2.24) is 4.90 Å². The van der Waals surface area contributed by atoms with Crippen molar-refractivity contribution < 1.29 is 18.3 Å². The molecular formula is C22H22FNO3. The molecule has 0 fully saturated rings. The Bertz CT molecular complexity index is 842. The number of hydrogen-bond donors (Lipinski definition) is 0. The van der Waals surface area contributed by atoms with Gasteiger partial charge in [-0.25, -0.2) is 4.39 Å². The summed E-state index contributed by atoms with van der Waals surface area (Å²) < 4.78 is 24.1. The average Bonchev–Trinajstić information content (AvgIpc) is 3.20. The Balaban J connectivity index is 1.78. The molecule has 3 rings (SSSR count). The van der Waals surface area contributed by atoms with Gasteiger partial charge in [0.05, 0.1) is 19.4 Å².